The van der Waals surface area contributed by atoms with Crippen LogP contribution in [0.1, 0.15) is 0 Å². The van der Waals surface area contributed by atoms with Crippen molar-refractivity contribution in [2.24, 2.45) is 0 Å². The Morgan fingerprint density at radius 2 is 0.698 bits per heavy atom. The first-order valence-corrected chi connectivity index (χ1v) is 16.2. The molecule has 7 heteroatoms. The predicted octanol–water partition coefficient (Wildman–Crippen LogP) is 10.9. The van der Waals surface area contributed by atoms with Crippen molar-refractivity contribution in [3.8, 4) is 66.1 Å². The van der Waals surface area contributed by atoms with Gasteiger partial charge >= 0.3 is 0 Å². The minimum Gasteiger partial charge on any atom is -0.496 e. The van der Waals surface area contributed by atoms with E-state index in [2.05, 4.69) is 60.7 Å². The molecule has 0 aliphatic rings. The van der Waals surface area contributed by atoms with E-state index in [0.717, 1.165) is 43.9 Å². The fourth-order valence-corrected chi connectivity index (χ4v) is 10.3. The number of fused-ring (bicyclic) bond motifs is 3. The summed E-state index contributed by atoms with van der Waals surface area (Å²) in [4.78, 5) is 2.27. The molecule has 0 bridgehead atoms. The molecule has 0 spiro atoms. The van der Waals surface area contributed by atoms with E-state index >= 15 is 0 Å². The highest BCUT2D eigenvalue weighted by molar-refractivity contribution is 7.41. The first-order chi connectivity index (χ1) is 21.2. The summed E-state index contributed by atoms with van der Waals surface area (Å²) in [6.07, 6.45) is 0. The van der Waals surface area contributed by atoms with Gasteiger partial charge in [-0.1, -0.05) is 72.8 Å². The molecule has 7 aromatic rings. The van der Waals surface area contributed by atoms with Gasteiger partial charge in [0.15, 0.2) is 0 Å². The average molecular weight is 621 g/mol. The topological polar surface area (TPSA) is 36.9 Å². The molecule has 4 aromatic carbocycles. The van der Waals surface area contributed by atoms with E-state index in [1.165, 1.54) is 41.1 Å². The smallest absolute Gasteiger partial charge is 0.131 e. The van der Waals surface area contributed by atoms with E-state index in [1.54, 1.807) is 51.1 Å². The first-order valence-electron chi connectivity index (χ1n) is 13.7. The summed E-state index contributed by atoms with van der Waals surface area (Å²) < 4.78 is 28.6. The van der Waals surface area contributed by atoms with Crippen LogP contribution < -0.4 is 18.9 Å². The van der Waals surface area contributed by atoms with E-state index in [-0.39, 0.29) is 0 Å². The van der Waals surface area contributed by atoms with Gasteiger partial charge in [0.25, 0.3) is 0 Å². The van der Waals surface area contributed by atoms with Gasteiger partial charge in [0.05, 0.1) is 68.1 Å². The van der Waals surface area contributed by atoms with Crippen LogP contribution in [0.4, 0.5) is 0 Å². The molecule has 0 saturated carbocycles. The molecule has 0 fully saturated rings. The standard InChI is InChI=1S/C36H28O4S3/c1-37-23-17-11-18-24(38-2)29(23)31-27(21-13-7-5-8-14-21)33-35(41-31)36-34(43-33)28(22-15-9-6-10-16-22)32(42-36)30-25(39-3)19-12-20-26(30)40-4/h5-20H,1-4H3. The average Bonchev–Trinajstić information content (AvgIpc) is 3.72. The largest absolute Gasteiger partial charge is 0.496 e. The fraction of sp³-hybridized carbons (Fsp3) is 0.111. The molecular formula is C36H28O4S3. The summed E-state index contributed by atoms with van der Waals surface area (Å²) >= 11 is 5.44. The minimum atomic E-state index is 0.789. The summed E-state index contributed by atoms with van der Waals surface area (Å²) in [7, 11) is 6.86. The highest BCUT2D eigenvalue weighted by atomic mass is 32.1. The zero-order valence-electron chi connectivity index (χ0n) is 24.1. The van der Waals surface area contributed by atoms with Gasteiger partial charge in [0.2, 0.25) is 0 Å². The van der Waals surface area contributed by atoms with E-state index < -0.39 is 0 Å². The molecule has 0 unspecified atom stereocenters. The summed E-state index contributed by atoms with van der Waals surface area (Å²) in [5, 5.41) is 0. The lowest BCUT2D eigenvalue weighted by molar-refractivity contribution is 0.397. The molecule has 0 aliphatic carbocycles. The third kappa shape index (κ3) is 4.47. The molecular weight excluding hydrogens is 593 g/mol. The van der Waals surface area contributed by atoms with Gasteiger partial charge in [-0.15, -0.1) is 34.0 Å². The molecule has 7 rings (SSSR count). The van der Waals surface area contributed by atoms with E-state index in [0.29, 0.717) is 0 Å². The second-order valence-corrected chi connectivity index (χ2v) is 12.9. The maximum Gasteiger partial charge on any atom is 0.131 e. The quantitative estimate of drug-likeness (QED) is 0.169. The minimum absolute atomic E-state index is 0.789. The number of thiophene rings is 3. The van der Waals surface area contributed by atoms with E-state index in [1.807, 2.05) is 47.7 Å². The molecule has 0 saturated heterocycles. The van der Waals surface area contributed by atoms with Gasteiger partial charge in [-0.2, -0.15) is 0 Å². The van der Waals surface area contributed by atoms with E-state index in [4.69, 9.17) is 18.9 Å². The predicted molar refractivity (Wildman–Crippen MR) is 183 cm³/mol. The van der Waals surface area contributed by atoms with Gasteiger partial charge in [-0.05, 0) is 35.4 Å². The second kappa shape index (κ2) is 11.4. The fourth-order valence-electron chi connectivity index (χ4n) is 5.66. The van der Waals surface area contributed by atoms with Crippen LogP contribution in [-0.2, 0) is 0 Å². The summed E-state index contributed by atoms with van der Waals surface area (Å²) in [6.45, 7) is 0. The number of hydrogen-bond acceptors (Lipinski definition) is 7. The van der Waals surface area contributed by atoms with Gasteiger partial charge in [0, 0.05) is 11.1 Å². The van der Waals surface area contributed by atoms with Crippen molar-refractivity contribution in [2.45, 2.75) is 0 Å². The Morgan fingerprint density at radius 3 is 1.02 bits per heavy atom. The van der Waals surface area contributed by atoms with Gasteiger partial charge in [-0.3, -0.25) is 0 Å². The molecule has 0 N–H and O–H groups in total. The van der Waals surface area contributed by atoms with E-state index in [9.17, 15) is 0 Å². The van der Waals surface area contributed by atoms with Crippen LogP contribution in [0.15, 0.2) is 97.1 Å². The van der Waals surface area contributed by atoms with Crippen LogP contribution in [0, 0.1) is 0 Å². The van der Waals surface area contributed by atoms with Crippen molar-refractivity contribution in [1.82, 2.24) is 0 Å². The number of rotatable bonds is 8. The first kappa shape index (κ1) is 27.5. The lowest BCUT2D eigenvalue weighted by Crippen LogP contribution is -1.92. The highest BCUT2D eigenvalue weighted by Crippen LogP contribution is 2.60. The Morgan fingerprint density at radius 1 is 0.349 bits per heavy atom. The third-order valence-electron chi connectivity index (χ3n) is 7.57. The Labute approximate surface area is 262 Å². The molecule has 0 atom stereocenters. The molecule has 3 aromatic heterocycles. The van der Waals surface area contributed by atoms with Crippen LogP contribution >= 0.6 is 34.0 Å². The van der Waals surface area contributed by atoms with Crippen LogP contribution in [-0.4, -0.2) is 28.4 Å². The summed E-state index contributed by atoms with van der Waals surface area (Å²) in [5.74, 6) is 3.16. The van der Waals surface area contributed by atoms with Gasteiger partial charge < -0.3 is 18.9 Å². The number of hydrogen-bond donors (Lipinski definition) is 0. The van der Waals surface area contributed by atoms with Crippen LogP contribution in [0.2, 0.25) is 0 Å². The molecule has 43 heavy (non-hydrogen) atoms. The van der Waals surface area contributed by atoms with Crippen molar-refractivity contribution >= 4 is 52.8 Å². The molecule has 0 amide bonds. The molecule has 0 aliphatic heterocycles. The molecule has 3 heterocycles. The SMILES string of the molecule is COc1cccc(OC)c1-c1sc2c(sc3c(-c4ccccc4)c(-c4c(OC)cccc4OC)sc32)c1-c1ccccc1. The Bertz CT molecular complexity index is 1880. The number of methoxy groups -OCH3 is 4. The lowest BCUT2D eigenvalue weighted by Gasteiger charge is -2.14. The normalized spacial score (nSPS) is 11.3. The van der Waals surface area contributed by atoms with Crippen molar-refractivity contribution < 1.29 is 18.9 Å². The van der Waals surface area contributed by atoms with Gasteiger partial charge in [0.1, 0.15) is 23.0 Å². The van der Waals surface area contributed by atoms with Crippen molar-refractivity contribution in [1.29, 1.82) is 0 Å². The number of benzene rings is 4. The molecule has 0 radical (unpaired) electrons. The van der Waals surface area contributed by atoms with Gasteiger partial charge in [-0.25, -0.2) is 0 Å². The Balaban J connectivity index is 1.61. The van der Waals surface area contributed by atoms with Crippen LogP contribution in [0.3, 0.4) is 0 Å². The second-order valence-electron chi connectivity index (χ2n) is 9.84. The highest BCUT2D eigenvalue weighted by Gasteiger charge is 2.29. The van der Waals surface area contributed by atoms with Crippen LogP contribution in [0.25, 0.3) is 61.9 Å². The monoisotopic (exact) mass is 620 g/mol. The Hall–Kier alpha value is -4.30. The summed E-state index contributed by atoms with van der Waals surface area (Å²) in [6, 6.07) is 33.2. The zero-order valence-corrected chi connectivity index (χ0v) is 26.5. The van der Waals surface area contributed by atoms with Crippen molar-refractivity contribution in [2.75, 3.05) is 28.4 Å². The lowest BCUT2D eigenvalue weighted by atomic mass is 10.0. The van der Waals surface area contributed by atoms with Crippen LogP contribution in [0.5, 0.6) is 23.0 Å². The Kier molecular flexibility index (Phi) is 7.31. The molecule has 214 valence electrons. The maximum atomic E-state index is 5.89. The summed E-state index contributed by atoms with van der Waals surface area (Å²) in [5.41, 5.74) is 6.68. The number of ether oxygens (including phenoxy) is 4. The molecule has 4 nitrogen and oxygen atoms in total. The van der Waals surface area contributed by atoms with Crippen molar-refractivity contribution in [3.05, 3.63) is 97.1 Å². The van der Waals surface area contributed by atoms with Crippen molar-refractivity contribution in [3.63, 3.8) is 0 Å². The zero-order chi connectivity index (χ0) is 29.5. The third-order valence-corrected chi connectivity index (χ3v) is 11.6. The maximum absolute atomic E-state index is 5.89.